The van der Waals surface area contributed by atoms with Gasteiger partial charge in [0.25, 0.3) is 0 Å². The Morgan fingerprint density at radius 3 is 0.881 bits per heavy atom. The summed E-state index contributed by atoms with van der Waals surface area (Å²) in [5, 5.41) is 0. The van der Waals surface area contributed by atoms with Gasteiger partial charge < -0.3 is 11.5 Å². The Morgan fingerprint density at radius 2 is 0.542 bits per heavy atom. The van der Waals surface area contributed by atoms with Crippen LogP contribution >= 0.6 is 0 Å². The molecule has 308 valence electrons. The van der Waals surface area contributed by atoms with Crippen LogP contribution in [0.1, 0.15) is 158 Å². The number of nitrogens with two attached hydrogens (primary N) is 2. The molecule has 0 aromatic heterocycles. The van der Waals surface area contributed by atoms with Crippen molar-refractivity contribution in [2.75, 3.05) is 11.5 Å². The maximum Gasteiger partial charge on any atom is 0.0314 e. The molecule has 0 saturated carbocycles. The minimum atomic E-state index is 0.817. The van der Waals surface area contributed by atoms with E-state index in [-0.39, 0.29) is 0 Å². The van der Waals surface area contributed by atoms with E-state index < -0.39 is 0 Å². The molecule has 2 heteroatoms. The molecule has 0 amide bonds. The zero-order valence-electron chi connectivity index (χ0n) is 36.3. The largest absolute Gasteiger partial charge is 0.399 e. The third kappa shape index (κ3) is 14.6. The number of hydrogen-bond acceptors (Lipinski definition) is 2. The van der Waals surface area contributed by atoms with Crippen LogP contribution in [0.25, 0.3) is 0 Å². The van der Waals surface area contributed by atoms with Crippen molar-refractivity contribution in [3.05, 3.63) is 200 Å². The van der Waals surface area contributed by atoms with Gasteiger partial charge in [-0.3, -0.25) is 0 Å². The van der Waals surface area contributed by atoms with E-state index in [0.29, 0.717) is 0 Å². The molecule has 0 aliphatic rings. The van der Waals surface area contributed by atoms with Gasteiger partial charge in [0.15, 0.2) is 0 Å². The topological polar surface area (TPSA) is 52.0 Å². The smallest absolute Gasteiger partial charge is 0.0314 e. The van der Waals surface area contributed by atoms with Crippen molar-refractivity contribution in [2.24, 2.45) is 0 Å². The first kappa shape index (κ1) is 43.5. The number of aryl methyl sites for hydroxylation is 2. The first-order valence-corrected chi connectivity index (χ1v) is 23.0. The van der Waals surface area contributed by atoms with Crippen LogP contribution in [0.4, 0.5) is 11.4 Å². The molecule has 0 saturated heterocycles. The first-order valence-electron chi connectivity index (χ1n) is 23.0. The van der Waals surface area contributed by atoms with Crippen molar-refractivity contribution in [3.63, 3.8) is 0 Å². The van der Waals surface area contributed by atoms with Crippen LogP contribution in [0.5, 0.6) is 0 Å². The zero-order chi connectivity index (χ0) is 41.1. The van der Waals surface area contributed by atoms with Crippen LogP contribution in [0.15, 0.2) is 133 Å². The van der Waals surface area contributed by atoms with Gasteiger partial charge in [-0.1, -0.05) is 187 Å². The molecule has 0 atom stereocenters. The van der Waals surface area contributed by atoms with Crippen LogP contribution in [-0.2, 0) is 44.9 Å². The van der Waals surface area contributed by atoms with Crippen molar-refractivity contribution >= 4 is 11.4 Å². The number of anilines is 2. The van der Waals surface area contributed by atoms with Crippen LogP contribution < -0.4 is 11.5 Å². The highest BCUT2D eigenvalue weighted by atomic mass is 14.5. The summed E-state index contributed by atoms with van der Waals surface area (Å²) in [6.45, 7) is 4.61. The van der Waals surface area contributed by atoms with Crippen LogP contribution in [0.2, 0.25) is 0 Å². The van der Waals surface area contributed by atoms with E-state index in [9.17, 15) is 0 Å². The highest BCUT2D eigenvalue weighted by Crippen LogP contribution is 2.26. The monoisotopic (exact) mass is 783 g/mol. The minimum absolute atomic E-state index is 0.817. The molecule has 0 heterocycles. The minimum Gasteiger partial charge on any atom is -0.399 e. The van der Waals surface area contributed by atoms with Crippen molar-refractivity contribution in [2.45, 2.75) is 136 Å². The Morgan fingerprint density at radius 1 is 0.271 bits per heavy atom. The molecule has 0 bridgehead atoms. The Bertz CT molecular complexity index is 1950. The fourth-order valence-corrected chi connectivity index (χ4v) is 8.55. The van der Waals surface area contributed by atoms with E-state index in [4.69, 9.17) is 11.5 Å². The van der Waals surface area contributed by atoms with Crippen molar-refractivity contribution < 1.29 is 0 Å². The molecule has 6 aromatic rings. The molecule has 0 spiro atoms. The second-order valence-electron chi connectivity index (χ2n) is 17.2. The van der Waals surface area contributed by atoms with Gasteiger partial charge in [0.2, 0.25) is 0 Å². The lowest BCUT2D eigenvalue weighted by Gasteiger charge is -2.17. The summed E-state index contributed by atoms with van der Waals surface area (Å²) in [5.41, 5.74) is 30.4. The molecule has 4 N–H and O–H groups in total. The number of rotatable bonds is 24. The maximum absolute atomic E-state index is 5.91. The molecule has 0 fully saturated rings. The third-order valence-electron chi connectivity index (χ3n) is 12.2. The summed E-state index contributed by atoms with van der Waals surface area (Å²) >= 11 is 0. The maximum atomic E-state index is 5.91. The average molecular weight is 783 g/mol. The number of benzene rings is 6. The summed E-state index contributed by atoms with van der Waals surface area (Å²) in [6, 6.07) is 49.8. The Balaban J connectivity index is 1.17. The van der Waals surface area contributed by atoms with Crippen LogP contribution in [0, 0.1) is 0 Å². The Kier molecular flexibility index (Phi) is 17.3. The molecule has 0 unspecified atom stereocenters. The standard InChI is InChI=1S/C57H70N2/c1-3-5-7-9-11-13-15-52-41-50(39-46-21-17-44(18-22-46)37-48-27-33-56(58)34-28-48)25-31-54(52)43-55-32-26-51(42-53(55)16-14-12-10-8-6-4-2)40-47-23-19-45(20-24-47)38-49-29-35-57(59)36-30-49/h17-36,41-42H,3-16,37-40,43,58-59H2,1-2H3. The third-order valence-corrected chi connectivity index (χ3v) is 12.2. The molecule has 0 radical (unpaired) electrons. The van der Waals surface area contributed by atoms with Gasteiger partial charge in [0.1, 0.15) is 0 Å². The van der Waals surface area contributed by atoms with Gasteiger partial charge in [-0.15, -0.1) is 0 Å². The normalized spacial score (nSPS) is 11.3. The van der Waals surface area contributed by atoms with Gasteiger partial charge in [0.05, 0.1) is 0 Å². The SMILES string of the molecule is CCCCCCCCc1cc(Cc2ccc(Cc3ccc(N)cc3)cc2)ccc1Cc1ccc(Cc2ccc(Cc3ccc(N)cc3)cc2)cc1CCCCCCCC. The van der Waals surface area contributed by atoms with Gasteiger partial charge in [0, 0.05) is 11.4 Å². The average Bonchev–Trinajstić information content (AvgIpc) is 3.25. The van der Waals surface area contributed by atoms with Crippen molar-refractivity contribution in [1.82, 2.24) is 0 Å². The van der Waals surface area contributed by atoms with E-state index >= 15 is 0 Å². The van der Waals surface area contributed by atoms with E-state index in [0.717, 1.165) is 56.3 Å². The molecule has 2 nitrogen and oxygen atoms in total. The highest BCUT2D eigenvalue weighted by molar-refractivity contribution is 5.45. The summed E-state index contributed by atoms with van der Waals surface area (Å²) in [5.74, 6) is 0. The fourth-order valence-electron chi connectivity index (χ4n) is 8.55. The number of hydrogen-bond donors (Lipinski definition) is 2. The summed E-state index contributed by atoms with van der Waals surface area (Å²) in [7, 11) is 0. The fraction of sp³-hybridized carbons (Fsp3) is 0.368. The van der Waals surface area contributed by atoms with E-state index in [1.54, 1.807) is 11.1 Å². The van der Waals surface area contributed by atoms with E-state index in [1.807, 2.05) is 24.3 Å². The molecule has 59 heavy (non-hydrogen) atoms. The summed E-state index contributed by atoms with van der Waals surface area (Å²) in [6.07, 6.45) is 23.0. The van der Waals surface area contributed by atoms with Gasteiger partial charge in [-0.05, 0) is 149 Å². The molecular weight excluding hydrogens is 713 g/mol. The quantitative estimate of drug-likeness (QED) is 0.0474. The van der Waals surface area contributed by atoms with Gasteiger partial charge in [-0.2, -0.15) is 0 Å². The van der Waals surface area contributed by atoms with E-state index in [2.05, 4.69) is 123 Å². The first-order chi connectivity index (χ1) is 28.9. The summed E-state index contributed by atoms with van der Waals surface area (Å²) < 4.78 is 0. The van der Waals surface area contributed by atoms with Crippen molar-refractivity contribution in [1.29, 1.82) is 0 Å². The zero-order valence-corrected chi connectivity index (χ0v) is 36.3. The second-order valence-corrected chi connectivity index (χ2v) is 17.2. The lowest BCUT2D eigenvalue weighted by molar-refractivity contribution is 0.605. The highest BCUT2D eigenvalue weighted by Gasteiger charge is 2.12. The number of unbranched alkanes of at least 4 members (excludes halogenated alkanes) is 10. The predicted octanol–water partition coefficient (Wildman–Crippen LogP) is 14.6. The van der Waals surface area contributed by atoms with E-state index in [1.165, 1.54) is 133 Å². The second kappa shape index (κ2) is 23.5. The van der Waals surface area contributed by atoms with Crippen LogP contribution in [-0.4, -0.2) is 0 Å². The molecule has 6 rings (SSSR count). The Hall–Kier alpha value is -5.08. The van der Waals surface area contributed by atoms with Gasteiger partial charge >= 0.3 is 0 Å². The van der Waals surface area contributed by atoms with Gasteiger partial charge in [-0.25, -0.2) is 0 Å². The summed E-state index contributed by atoms with van der Waals surface area (Å²) in [4.78, 5) is 0. The molecule has 0 aliphatic carbocycles. The predicted molar refractivity (Wildman–Crippen MR) is 256 cm³/mol. The lowest BCUT2D eigenvalue weighted by Crippen LogP contribution is -2.03. The van der Waals surface area contributed by atoms with Crippen LogP contribution in [0.3, 0.4) is 0 Å². The molecule has 0 aliphatic heterocycles. The molecular formula is C57H70N2. The lowest BCUT2D eigenvalue weighted by atomic mass is 9.88. The number of nitrogen functional groups attached to an aromatic ring is 2. The van der Waals surface area contributed by atoms with Crippen molar-refractivity contribution in [3.8, 4) is 0 Å². The Labute approximate surface area is 357 Å². The molecule has 6 aromatic carbocycles.